The van der Waals surface area contributed by atoms with Crippen LogP contribution in [0.4, 0.5) is 0 Å². The lowest BCUT2D eigenvalue weighted by atomic mass is 10.0. The van der Waals surface area contributed by atoms with Crippen molar-refractivity contribution in [1.29, 1.82) is 0 Å². The van der Waals surface area contributed by atoms with Crippen molar-refractivity contribution in [2.24, 2.45) is 0 Å². The second-order valence-electron chi connectivity index (χ2n) is 3.82. The number of rotatable bonds is 5. The molecule has 2 aromatic rings. The van der Waals surface area contributed by atoms with Gasteiger partial charge in [0.2, 0.25) is 5.78 Å². The van der Waals surface area contributed by atoms with Crippen LogP contribution in [0, 0.1) is 0 Å². The van der Waals surface area contributed by atoms with Crippen LogP contribution in [-0.2, 0) is 9.53 Å². The largest absolute Gasteiger partial charge is 0.462 e. The molecule has 0 fully saturated rings. The van der Waals surface area contributed by atoms with Gasteiger partial charge < -0.3 is 4.74 Å². The third-order valence-electron chi connectivity index (χ3n) is 2.46. The molecule has 0 aromatic carbocycles. The summed E-state index contributed by atoms with van der Waals surface area (Å²) in [5.41, 5.74) is 0.0247. The molecule has 2 rings (SSSR count). The Morgan fingerprint density at radius 2 is 2.19 bits per heavy atom. The second-order valence-corrected chi connectivity index (χ2v) is 5.10. The number of Topliss-reactive ketones (excluding diaryl/α,β-unsaturated/α-hetero) is 1. The molecule has 0 aliphatic heterocycles. The molecule has 108 valence electrons. The highest BCUT2D eigenvalue weighted by molar-refractivity contribution is 7.10. The Kier molecular flexibility index (Phi) is 5.19. The molecule has 2 heterocycles. The molecule has 0 bridgehead atoms. The van der Waals surface area contributed by atoms with E-state index in [1.54, 1.807) is 24.6 Å². The summed E-state index contributed by atoms with van der Waals surface area (Å²) < 4.78 is 4.92. The Hall–Kier alpha value is -2.05. The predicted octanol–water partition coefficient (Wildman–Crippen LogP) is 3.02. The molecular weight excluding hydrogens is 312 g/mol. The average molecular weight is 323 g/mol. The van der Waals surface area contributed by atoms with Gasteiger partial charge >= 0.3 is 5.97 Å². The number of ether oxygens (including phenoxy) is 1. The van der Waals surface area contributed by atoms with Crippen LogP contribution < -0.4 is 0 Å². The third-order valence-corrected chi connectivity index (χ3v) is 3.49. The maximum atomic E-state index is 12.5. The summed E-state index contributed by atoms with van der Waals surface area (Å²) >= 11 is 7.21. The third kappa shape index (κ3) is 3.74. The maximum absolute atomic E-state index is 12.5. The van der Waals surface area contributed by atoms with Crippen molar-refractivity contribution < 1.29 is 14.3 Å². The van der Waals surface area contributed by atoms with Gasteiger partial charge in [0.1, 0.15) is 15.7 Å². The van der Waals surface area contributed by atoms with Gasteiger partial charge in [-0.3, -0.25) is 4.79 Å². The van der Waals surface area contributed by atoms with Crippen molar-refractivity contribution in [2.45, 2.75) is 6.92 Å². The first-order valence-electron chi connectivity index (χ1n) is 6.07. The van der Waals surface area contributed by atoms with E-state index in [4.69, 9.17) is 16.3 Å². The molecule has 0 amide bonds. The van der Waals surface area contributed by atoms with Gasteiger partial charge in [-0.15, -0.1) is 11.3 Å². The summed E-state index contributed by atoms with van der Waals surface area (Å²) in [5.74, 6) is -1.25. The Labute approximate surface area is 130 Å². The van der Waals surface area contributed by atoms with Gasteiger partial charge in [-0.25, -0.2) is 14.8 Å². The summed E-state index contributed by atoms with van der Waals surface area (Å²) in [4.78, 5) is 32.4. The number of halogens is 1. The van der Waals surface area contributed by atoms with Gasteiger partial charge in [0.25, 0.3) is 0 Å². The van der Waals surface area contributed by atoms with Gasteiger partial charge in [-0.1, -0.05) is 11.6 Å². The number of pyridine rings is 1. The normalized spacial score (nSPS) is 11.2. The Morgan fingerprint density at radius 3 is 2.81 bits per heavy atom. The lowest BCUT2D eigenvalue weighted by molar-refractivity contribution is -0.137. The summed E-state index contributed by atoms with van der Waals surface area (Å²) in [6, 6.07) is 3.08. The van der Waals surface area contributed by atoms with Crippen molar-refractivity contribution in [3.63, 3.8) is 0 Å². The Balaban J connectivity index is 2.43. The Morgan fingerprint density at radius 1 is 1.38 bits per heavy atom. The summed E-state index contributed by atoms with van der Waals surface area (Å²) in [6.07, 6.45) is 4.45. The van der Waals surface area contributed by atoms with E-state index >= 15 is 0 Å². The fourth-order valence-corrected chi connectivity index (χ4v) is 2.33. The van der Waals surface area contributed by atoms with E-state index in [1.165, 1.54) is 29.7 Å². The van der Waals surface area contributed by atoms with E-state index in [9.17, 15) is 9.59 Å². The fourth-order valence-electron chi connectivity index (χ4n) is 1.56. The van der Waals surface area contributed by atoms with Crippen LogP contribution in [0.15, 0.2) is 35.5 Å². The zero-order valence-electron chi connectivity index (χ0n) is 11.1. The lowest BCUT2D eigenvalue weighted by Crippen LogP contribution is -2.16. The minimum Gasteiger partial charge on any atom is -0.462 e. The molecule has 0 unspecified atom stereocenters. The minimum atomic E-state index is -0.711. The molecule has 0 saturated heterocycles. The van der Waals surface area contributed by atoms with Crippen LogP contribution in [0.3, 0.4) is 0 Å². The van der Waals surface area contributed by atoms with Gasteiger partial charge in [-0.05, 0) is 25.1 Å². The van der Waals surface area contributed by atoms with Gasteiger partial charge in [-0.2, -0.15) is 0 Å². The highest BCUT2D eigenvalue weighted by atomic mass is 35.5. The first kappa shape index (κ1) is 15.3. The molecule has 0 saturated carbocycles. The molecule has 0 aliphatic rings. The topological polar surface area (TPSA) is 69.2 Å². The van der Waals surface area contributed by atoms with Gasteiger partial charge in [0.05, 0.1) is 12.2 Å². The highest BCUT2D eigenvalue weighted by Crippen LogP contribution is 2.20. The van der Waals surface area contributed by atoms with Gasteiger partial charge in [0, 0.05) is 17.8 Å². The number of thiazole rings is 1. The van der Waals surface area contributed by atoms with E-state index in [1.807, 2.05) is 0 Å². The average Bonchev–Trinajstić information content (AvgIpc) is 2.98. The standard InChI is InChI=1S/C14H11ClN2O3S/c1-2-20-14(19)10(8-11-16-6-7-21-11)12(18)9-4-3-5-17-13(9)15/h3-8H,2H2,1H3/b10-8+. The molecule has 0 radical (unpaired) electrons. The molecule has 0 aliphatic carbocycles. The van der Waals surface area contributed by atoms with Crippen LogP contribution in [-0.4, -0.2) is 28.3 Å². The summed E-state index contributed by atoms with van der Waals surface area (Å²) in [6.45, 7) is 1.84. The molecular formula is C14H11ClN2O3S. The van der Waals surface area contributed by atoms with E-state index in [2.05, 4.69) is 9.97 Å². The zero-order chi connectivity index (χ0) is 15.2. The van der Waals surface area contributed by atoms with Crippen molar-refractivity contribution in [2.75, 3.05) is 6.61 Å². The van der Waals surface area contributed by atoms with Crippen LogP contribution >= 0.6 is 22.9 Å². The van der Waals surface area contributed by atoms with Crippen molar-refractivity contribution >= 4 is 40.8 Å². The van der Waals surface area contributed by atoms with E-state index in [0.717, 1.165) is 0 Å². The monoisotopic (exact) mass is 322 g/mol. The lowest BCUT2D eigenvalue weighted by Gasteiger charge is -2.06. The molecule has 5 nitrogen and oxygen atoms in total. The van der Waals surface area contributed by atoms with Crippen LogP contribution in [0.2, 0.25) is 5.15 Å². The smallest absolute Gasteiger partial charge is 0.342 e. The number of esters is 1. The second kappa shape index (κ2) is 7.10. The number of hydrogen-bond donors (Lipinski definition) is 0. The zero-order valence-corrected chi connectivity index (χ0v) is 12.6. The SMILES string of the molecule is CCOC(=O)/C(=C/c1nccs1)C(=O)c1cccnc1Cl. The summed E-state index contributed by atoms with van der Waals surface area (Å²) in [7, 11) is 0. The number of hydrogen-bond acceptors (Lipinski definition) is 6. The van der Waals surface area contributed by atoms with Crippen molar-refractivity contribution in [1.82, 2.24) is 9.97 Å². The van der Waals surface area contributed by atoms with Gasteiger partial charge in [0.15, 0.2) is 0 Å². The molecule has 21 heavy (non-hydrogen) atoms. The van der Waals surface area contributed by atoms with Crippen LogP contribution in [0.25, 0.3) is 6.08 Å². The quantitative estimate of drug-likeness (QED) is 0.211. The van der Waals surface area contributed by atoms with Crippen molar-refractivity contribution in [3.8, 4) is 0 Å². The van der Waals surface area contributed by atoms with E-state index < -0.39 is 11.8 Å². The summed E-state index contributed by atoms with van der Waals surface area (Å²) in [5, 5.41) is 2.32. The Bertz CT molecular complexity index is 683. The van der Waals surface area contributed by atoms with Crippen LogP contribution in [0.1, 0.15) is 22.3 Å². The minimum absolute atomic E-state index is 0.0387. The van der Waals surface area contributed by atoms with E-state index in [-0.39, 0.29) is 22.9 Å². The predicted molar refractivity (Wildman–Crippen MR) is 80.3 cm³/mol. The molecule has 2 aromatic heterocycles. The highest BCUT2D eigenvalue weighted by Gasteiger charge is 2.23. The molecule has 0 spiro atoms. The molecule has 0 atom stereocenters. The fraction of sp³-hybridized carbons (Fsp3) is 0.143. The van der Waals surface area contributed by atoms with E-state index in [0.29, 0.717) is 5.01 Å². The van der Waals surface area contributed by atoms with Crippen molar-refractivity contribution in [3.05, 3.63) is 51.2 Å². The molecule has 7 heteroatoms. The number of aromatic nitrogens is 2. The maximum Gasteiger partial charge on any atom is 0.342 e. The number of nitrogens with zero attached hydrogens (tertiary/aromatic N) is 2. The first-order chi connectivity index (χ1) is 10.1. The number of carbonyl (C=O) groups is 2. The number of carbonyl (C=O) groups excluding carboxylic acids is 2. The number of ketones is 1. The van der Waals surface area contributed by atoms with Crippen LogP contribution in [0.5, 0.6) is 0 Å². The molecule has 0 N–H and O–H groups in total. The first-order valence-corrected chi connectivity index (χ1v) is 7.32.